The second-order valence-electron chi connectivity index (χ2n) is 4.84. The molecule has 1 heterocycles. The van der Waals surface area contributed by atoms with Gasteiger partial charge in [-0.3, -0.25) is 0 Å². The molecule has 3 rings (SSSR count). The van der Waals surface area contributed by atoms with E-state index >= 15 is 0 Å². The smallest absolute Gasteiger partial charge is 0.209 e. The Bertz CT molecular complexity index is 825. The lowest BCUT2D eigenvalue weighted by molar-refractivity contribution is 0.474. The van der Waals surface area contributed by atoms with E-state index in [0.29, 0.717) is 10.7 Å². The first kappa shape index (κ1) is 14.9. The van der Waals surface area contributed by atoms with Gasteiger partial charge in [-0.05, 0) is 36.8 Å². The minimum Gasteiger partial charge on any atom is -0.507 e. The van der Waals surface area contributed by atoms with Crippen molar-refractivity contribution in [1.29, 1.82) is 0 Å². The molecule has 110 valence electrons. The van der Waals surface area contributed by atoms with Crippen molar-refractivity contribution < 1.29 is 5.11 Å². The molecule has 0 bridgehead atoms. The first-order chi connectivity index (χ1) is 10.6. The summed E-state index contributed by atoms with van der Waals surface area (Å²) in [5.74, 6) is 0.230. The van der Waals surface area contributed by atoms with Gasteiger partial charge in [0.15, 0.2) is 0 Å². The van der Waals surface area contributed by atoms with Crippen LogP contribution in [-0.4, -0.2) is 16.3 Å². The molecule has 1 N–H and O–H groups in total. The van der Waals surface area contributed by atoms with Crippen LogP contribution in [0.5, 0.6) is 5.75 Å². The largest absolute Gasteiger partial charge is 0.507 e. The Hall–Kier alpha value is -1.98. The number of aromatic hydroxyl groups is 1. The summed E-state index contributed by atoms with van der Waals surface area (Å²) in [7, 11) is 0. The lowest BCUT2D eigenvalue weighted by Crippen LogP contribution is -1.83. The zero-order valence-corrected chi connectivity index (χ0v) is 14.2. The molecule has 0 aliphatic rings. The van der Waals surface area contributed by atoms with Crippen LogP contribution < -0.4 is 0 Å². The van der Waals surface area contributed by atoms with E-state index in [-0.39, 0.29) is 5.75 Å². The molecule has 0 aliphatic heterocycles. The number of phenols is 1. The topological polar surface area (TPSA) is 45.5 Å². The summed E-state index contributed by atoms with van der Waals surface area (Å²) >= 11 is 4.90. The van der Waals surface area contributed by atoms with Gasteiger partial charge < -0.3 is 5.11 Å². The standard InChI is InChI=1S/C17H13BrN2OS/c1-11-2-3-13(16(21)8-11)9-19-17-20-15(10-22-17)12-4-6-14(18)7-5-12/h2-10,21H,1H3. The van der Waals surface area contributed by atoms with Gasteiger partial charge in [0.1, 0.15) is 5.75 Å². The van der Waals surface area contributed by atoms with E-state index in [4.69, 9.17) is 0 Å². The van der Waals surface area contributed by atoms with Crippen LogP contribution in [0.1, 0.15) is 11.1 Å². The molecule has 0 saturated heterocycles. The third-order valence-electron chi connectivity index (χ3n) is 3.13. The van der Waals surface area contributed by atoms with Crippen LogP contribution in [0.2, 0.25) is 0 Å². The van der Waals surface area contributed by atoms with Crippen LogP contribution in [0.15, 0.2) is 57.3 Å². The highest BCUT2D eigenvalue weighted by atomic mass is 79.9. The van der Waals surface area contributed by atoms with Gasteiger partial charge in [-0.15, -0.1) is 11.3 Å². The summed E-state index contributed by atoms with van der Waals surface area (Å²) in [5, 5.41) is 12.5. The average Bonchev–Trinajstić information content (AvgIpc) is 2.96. The van der Waals surface area contributed by atoms with E-state index < -0.39 is 0 Å². The molecule has 0 fully saturated rings. The third kappa shape index (κ3) is 3.43. The third-order valence-corrected chi connectivity index (χ3v) is 4.41. The summed E-state index contributed by atoms with van der Waals surface area (Å²) in [6.07, 6.45) is 1.64. The zero-order chi connectivity index (χ0) is 15.5. The maximum atomic E-state index is 9.87. The van der Waals surface area contributed by atoms with E-state index in [2.05, 4.69) is 25.9 Å². The predicted octanol–water partition coefficient (Wildman–Crippen LogP) is 5.34. The molecule has 3 aromatic rings. The van der Waals surface area contributed by atoms with Crippen molar-refractivity contribution in [3.63, 3.8) is 0 Å². The molecular weight excluding hydrogens is 360 g/mol. The Morgan fingerprint density at radius 3 is 2.68 bits per heavy atom. The molecule has 22 heavy (non-hydrogen) atoms. The summed E-state index contributed by atoms with van der Waals surface area (Å²) in [4.78, 5) is 8.84. The van der Waals surface area contributed by atoms with Gasteiger partial charge in [0.2, 0.25) is 5.13 Å². The molecule has 0 amide bonds. The molecule has 0 spiro atoms. The number of aromatic nitrogens is 1. The lowest BCUT2D eigenvalue weighted by atomic mass is 10.1. The average molecular weight is 373 g/mol. The van der Waals surface area contributed by atoms with Crippen molar-refractivity contribution in [3.05, 3.63) is 63.4 Å². The second kappa shape index (κ2) is 6.42. The fourth-order valence-electron chi connectivity index (χ4n) is 1.96. The maximum Gasteiger partial charge on any atom is 0.209 e. The normalized spacial score (nSPS) is 11.2. The van der Waals surface area contributed by atoms with Gasteiger partial charge in [-0.2, -0.15) is 0 Å². The summed E-state index contributed by atoms with van der Waals surface area (Å²) in [5.41, 5.74) is 3.66. The number of thiazole rings is 1. The van der Waals surface area contributed by atoms with Crippen molar-refractivity contribution in [2.24, 2.45) is 4.99 Å². The fourth-order valence-corrected chi connectivity index (χ4v) is 2.90. The predicted molar refractivity (Wildman–Crippen MR) is 95.3 cm³/mol. The molecule has 0 atom stereocenters. The van der Waals surface area contributed by atoms with Crippen molar-refractivity contribution in [2.75, 3.05) is 0 Å². The van der Waals surface area contributed by atoms with Crippen LogP contribution in [0.4, 0.5) is 5.13 Å². The Morgan fingerprint density at radius 1 is 1.18 bits per heavy atom. The summed E-state index contributed by atoms with van der Waals surface area (Å²) in [6.45, 7) is 1.94. The number of aliphatic imine (C=N–C) groups is 1. The Balaban J connectivity index is 1.82. The van der Waals surface area contributed by atoms with Gasteiger partial charge in [0.25, 0.3) is 0 Å². The van der Waals surface area contributed by atoms with E-state index in [1.165, 1.54) is 11.3 Å². The van der Waals surface area contributed by atoms with Gasteiger partial charge in [0.05, 0.1) is 5.69 Å². The SMILES string of the molecule is Cc1ccc(C=Nc2nc(-c3ccc(Br)cc3)cs2)c(O)c1. The molecule has 0 unspecified atom stereocenters. The molecule has 5 heteroatoms. The monoisotopic (exact) mass is 372 g/mol. The number of phenolic OH excluding ortho intramolecular Hbond substituents is 1. The molecule has 0 saturated carbocycles. The van der Waals surface area contributed by atoms with Crippen LogP contribution in [-0.2, 0) is 0 Å². The van der Waals surface area contributed by atoms with Crippen LogP contribution in [0.3, 0.4) is 0 Å². The first-order valence-corrected chi connectivity index (χ1v) is 8.34. The van der Waals surface area contributed by atoms with Crippen LogP contribution >= 0.6 is 27.3 Å². The van der Waals surface area contributed by atoms with Crippen LogP contribution in [0, 0.1) is 6.92 Å². The minimum absolute atomic E-state index is 0.230. The second-order valence-corrected chi connectivity index (χ2v) is 6.59. The van der Waals surface area contributed by atoms with Gasteiger partial charge in [0, 0.05) is 27.2 Å². The van der Waals surface area contributed by atoms with Gasteiger partial charge >= 0.3 is 0 Å². The fraction of sp³-hybridized carbons (Fsp3) is 0.0588. The molecule has 3 nitrogen and oxygen atoms in total. The molecule has 1 aromatic heterocycles. The summed E-state index contributed by atoms with van der Waals surface area (Å²) in [6, 6.07) is 13.5. The number of rotatable bonds is 3. The van der Waals surface area contributed by atoms with Crippen LogP contribution in [0.25, 0.3) is 11.3 Å². The van der Waals surface area contributed by atoms with Crippen molar-refractivity contribution in [1.82, 2.24) is 4.98 Å². The minimum atomic E-state index is 0.230. The Morgan fingerprint density at radius 2 is 1.95 bits per heavy atom. The number of hydrogen-bond donors (Lipinski definition) is 1. The Labute approximate surface area is 141 Å². The quantitative estimate of drug-likeness (QED) is 0.630. The molecule has 0 aliphatic carbocycles. The highest BCUT2D eigenvalue weighted by molar-refractivity contribution is 9.10. The van der Waals surface area contributed by atoms with E-state index in [1.807, 2.05) is 48.7 Å². The lowest BCUT2D eigenvalue weighted by Gasteiger charge is -1.99. The Kier molecular flexibility index (Phi) is 4.36. The zero-order valence-electron chi connectivity index (χ0n) is 11.8. The van der Waals surface area contributed by atoms with Gasteiger partial charge in [-0.1, -0.05) is 34.1 Å². The number of nitrogens with zero attached hydrogens (tertiary/aromatic N) is 2. The number of halogens is 1. The number of hydrogen-bond acceptors (Lipinski definition) is 4. The highest BCUT2D eigenvalue weighted by Gasteiger charge is 2.04. The van der Waals surface area contributed by atoms with E-state index in [0.717, 1.165) is 21.3 Å². The molecular formula is C17H13BrN2OS. The maximum absolute atomic E-state index is 9.87. The number of benzene rings is 2. The number of aryl methyl sites for hydroxylation is 1. The van der Waals surface area contributed by atoms with Crippen molar-refractivity contribution >= 4 is 38.6 Å². The molecule has 2 aromatic carbocycles. The highest BCUT2D eigenvalue weighted by Crippen LogP contribution is 2.28. The molecule has 0 radical (unpaired) electrons. The van der Waals surface area contributed by atoms with Gasteiger partial charge in [-0.25, -0.2) is 9.98 Å². The van der Waals surface area contributed by atoms with E-state index in [9.17, 15) is 5.11 Å². The van der Waals surface area contributed by atoms with Crippen molar-refractivity contribution in [3.8, 4) is 17.0 Å². The first-order valence-electron chi connectivity index (χ1n) is 6.67. The summed E-state index contributed by atoms with van der Waals surface area (Å²) < 4.78 is 1.04. The van der Waals surface area contributed by atoms with Crippen molar-refractivity contribution in [2.45, 2.75) is 6.92 Å². The van der Waals surface area contributed by atoms with E-state index in [1.54, 1.807) is 12.3 Å².